The quantitative estimate of drug-likeness (QED) is 0.517. The Balaban J connectivity index is 2.14. The van der Waals surface area contributed by atoms with Gasteiger partial charge >= 0.3 is 0 Å². The molecule has 42 valence electrons. The fraction of sp³-hybridized carbons (Fsp3) is 1.00. The molecule has 0 aromatic rings. The van der Waals surface area contributed by atoms with E-state index < -0.39 is 0 Å². The molecule has 1 N–H and O–H groups in total. The summed E-state index contributed by atoms with van der Waals surface area (Å²) in [7, 11) is 0. The minimum absolute atomic E-state index is 0.986. The molecule has 0 unspecified atom stereocenters. The van der Waals surface area contributed by atoms with Crippen LogP contribution in [0.15, 0.2) is 0 Å². The average Bonchev–Trinajstić information content (AvgIpc) is 2.14. The van der Waals surface area contributed by atoms with Crippen LogP contribution in [0.25, 0.3) is 0 Å². The molecule has 1 heteroatoms. The predicted molar refractivity (Wildman–Crippen MR) is 31.3 cm³/mol. The largest absolute Gasteiger partial charge is 0.316 e. The molecule has 0 spiro atoms. The van der Waals surface area contributed by atoms with Gasteiger partial charge in [0.15, 0.2) is 0 Å². The molecule has 1 fully saturated rings. The SMILES string of the molecule is CC[C@@H]1CCNC1. The monoisotopic (exact) mass is 99.1 g/mol. The van der Waals surface area contributed by atoms with Crippen LogP contribution < -0.4 is 5.32 Å². The molecule has 1 atom stereocenters. The van der Waals surface area contributed by atoms with Crippen molar-refractivity contribution in [2.45, 2.75) is 19.8 Å². The topological polar surface area (TPSA) is 12.0 Å². The molecular weight excluding hydrogens is 86.1 g/mol. The molecule has 0 amide bonds. The summed E-state index contributed by atoms with van der Waals surface area (Å²) in [6.45, 7) is 4.77. The van der Waals surface area contributed by atoms with Crippen molar-refractivity contribution in [3.05, 3.63) is 0 Å². The fourth-order valence-electron chi connectivity index (χ4n) is 1.06. The normalized spacial score (nSPS) is 31.3. The molecule has 0 radical (unpaired) electrons. The van der Waals surface area contributed by atoms with E-state index in [0.29, 0.717) is 0 Å². The van der Waals surface area contributed by atoms with Crippen molar-refractivity contribution in [2.75, 3.05) is 13.1 Å². The van der Waals surface area contributed by atoms with E-state index in [1.54, 1.807) is 0 Å². The van der Waals surface area contributed by atoms with Gasteiger partial charge in [0.05, 0.1) is 0 Å². The lowest BCUT2D eigenvalue weighted by molar-refractivity contribution is 0.563. The third-order valence-electron chi connectivity index (χ3n) is 1.74. The van der Waals surface area contributed by atoms with Crippen LogP contribution in [-0.4, -0.2) is 13.1 Å². The molecule has 1 heterocycles. The van der Waals surface area contributed by atoms with Crippen molar-refractivity contribution in [3.63, 3.8) is 0 Å². The van der Waals surface area contributed by atoms with Crippen LogP contribution in [0.1, 0.15) is 19.8 Å². The number of nitrogens with one attached hydrogen (secondary N) is 1. The molecule has 1 aliphatic heterocycles. The summed E-state index contributed by atoms with van der Waals surface area (Å²) >= 11 is 0. The van der Waals surface area contributed by atoms with Gasteiger partial charge < -0.3 is 5.32 Å². The van der Waals surface area contributed by atoms with Gasteiger partial charge in [-0.2, -0.15) is 0 Å². The Labute approximate surface area is 45.1 Å². The maximum absolute atomic E-state index is 3.32. The molecule has 1 aliphatic rings. The molecule has 0 bridgehead atoms. The van der Waals surface area contributed by atoms with Crippen molar-refractivity contribution in [2.24, 2.45) is 5.92 Å². The second kappa shape index (κ2) is 2.31. The van der Waals surface area contributed by atoms with Gasteiger partial charge in [0.2, 0.25) is 0 Å². The van der Waals surface area contributed by atoms with Gasteiger partial charge in [-0.15, -0.1) is 0 Å². The third kappa shape index (κ3) is 1.16. The first-order valence-electron chi connectivity index (χ1n) is 3.14. The van der Waals surface area contributed by atoms with Gasteiger partial charge in [-0.3, -0.25) is 0 Å². The van der Waals surface area contributed by atoms with Crippen LogP contribution in [-0.2, 0) is 0 Å². The van der Waals surface area contributed by atoms with Gasteiger partial charge in [-0.05, 0) is 25.4 Å². The molecule has 0 aromatic carbocycles. The van der Waals surface area contributed by atoms with E-state index in [9.17, 15) is 0 Å². The predicted octanol–water partition coefficient (Wildman–Crippen LogP) is 1.01. The summed E-state index contributed by atoms with van der Waals surface area (Å²) in [6, 6.07) is 0. The highest BCUT2D eigenvalue weighted by Crippen LogP contribution is 2.09. The van der Waals surface area contributed by atoms with E-state index in [1.807, 2.05) is 0 Å². The minimum Gasteiger partial charge on any atom is -0.316 e. The van der Waals surface area contributed by atoms with E-state index in [2.05, 4.69) is 12.2 Å². The van der Waals surface area contributed by atoms with E-state index in [-0.39, 0.29) is 0 Å². The highest BCUT2D eigenvalue weighted by atomic mass is 14.9. The first-order valence-corrected chi connectivity index (χ1v) is 3.14. The van der Waals surface area contributed by atoms with E-state index in [4.69, 9.17) is 0 Å². The highest BCUT2D eigenvalue weighted by Gasteiger charge is 2.10. The van der Waals surface area contributed by atoms with Crippen molar-refractivity contribution in [1.29, 1.82) is 0 Å². The van der Waals surface area contributed by atoms with E-state index in [1.165, 1.54) is 25.9 Å². The Bertz CT molecular complexity index is 46.1. The van der Waals surface area contributed by atoms with Crippen LogP contribution >= 0.6 is 0 Å². The van der Waals surface area contributed by atoms with Crippen LogP contribution in [0.5, 0.6) is 0 Å². The Morgan fingerprint density at radius 3 is 2.86 bits per heavy atom. The smallest absolute Gasteiger partial charge is 0.00201 e. The van der Waals surface area contributed by atoms with E-state index >= 15 is 0 Å². The zero-order valence-corrected chi connectivity index (χ0v) is 4.91. The second-order valence-electron chi connectivity index (χ2n) is 2.27. The summed E-state index contributed by atoms with van der Waals surface area (Å²) in [6.07, 6.45) is 2.75. The molecule has 0 saturated carbocycles. The maximum atomic E-state index is 3.32. The van der Waals surface area contributed by atoms with Gasteiger partial charge in [0.25, 0.3) is 0 Å². The van der Waals surface area contributed by atoms with Gasteiger partial charge in [0, 0.05) is 0 Å². The summed E-state index contributed by atoms with van der Waals surface area (Å²) in [5.74, 6) is 0.986. The second-order valence-corrected chi connectivity index (χ2v) is 2.27. The molecule has 0 aliphatic carbocycles. The lowest BCUT2D eigenvalue weighted by atomic mass is 10.1. The van der Waals surface area contributed by atoms with Crippen molar-refractivity contribution < 1.29 is 0 Å². The summed E-state index contributed by atoms with van der Waals surface area (Å²) in [5, 5.41) is 3.32. The first kappa shape index (κ1) is 5.10. The molecule has 1 saturated heterocycles. The molecule has 0 aromatic heterocycles. The van der Waals surface area contributed by atoms with Crippen molar-refractivity contribution >= 4 is 0 Å². The van der Waals surface area contributed by atoms with Crippen LogP contribution in [0.2, 0.25) is 0 Å². The fourth-order valence-corrected chi connectivity index (χ4v) is 1.06. The van der Waals surface area contributed by atoms with Gasteiger partial charge in [-0.1, -0.05) is 13.3 Å². The Hall–Kier alpha value is -0.0400. The Morgan fingerprint density at radius 2 is 2.57 bits per heavy atom. The molecular formula is C6H13N. The maximum Gasteiger partial charge on any atom is -0.00201 e. The molecule has 1 nitrogen and oxygen atoms in total. The van der Waals surface area contributed by atoms with Crippen LogP contribution in [0.3, 0.4) is 0 Å². The van der Waals surface area contributed by atoms with Crippen LogP contribution in [0.4, 0.5) is 0 Å². The summed E-state index contributed by atoms with van der Waals surface area (Å²) in [4.78, 5) is 0. The Morgan fingerprint density at radius 1 is 1.71 bits per heavy atom. The molecule has 7 heavy (non-hydrogen) atoms. The average molecular weight is 99.2 g/mol. The minimum atomic E-state index is 0.986. The summed E-state index contributed by atoms with van der Waals surface area (Å²) < 4.78 is 0. The highest BCUT2D eigenvalue weighted by molar-refractivity contribution is 4.68. The number of rotatable bonds is 1. The Kier molecular flexibility index (Phi) is 1.69. The zero-order chi connectivity index (χ0) is 5.11. The number of hydrogen-bond donors (Lipinski definition) is 1. The molecule has 1 rings (SSSR count). The standard InChI is InChI=1S/C6H13N/c1-2-6-3-4-7-5-6/h6-7H,2-5H2,1H3/t6-/m1/s1. The lowest BCUT2D eigenvalue weighted by Gasteiger charge is -1.98. The van der Waals surface area contributed by atoms with Gasteiger partial charge in [0.1, 0.15) is 0 Å². The summed E-state index contributed by atoms with van der Waals surface area (Å²) in [5.41, 5.74) is 0. The van der Waals surface area contributed by atoms with Gasteiger partial charge in [-0.25, -0.2) is 0 Å². The van der Waals surface area contributed by atoms with Crippen molar-refractivity contribution in [3.8, 4) is 0 Å². The third-order valence-corrected chi connectivity index (χ3v) is 1.74. The van der Waals surface area contributed by atoms with Crippen LogP contribution in [0, 0.1) is 5.92 Å². The lowest BCUT2D eigenvalue weighted by Crippen LogP contribution is -2.07. The van der Waals surface area contributed by atoms with E-state index in [0.717, 1.165) is 5.92 Å². The first-order chi connectivity index (χ1) is 3.43. The number of hydrogen-bond acceptors (Lipinski definition) is 1. The zero-order valence-electron chi connectivity index (χ0n) is 4.91. The van der Waals surface area contributed by atoms with Crippen molar-refractivity contribution in [1.82, 2.24) is 5.32 Å².